The van der Waals surface area contributed by atoms with Crippen molar-refractivity contribution in [1.29, 1.82) is 0 Å². The zero-order chi connectivity index (χ0) is 15.4. The van der Waals surface area contributed by atoms with Crippen molar-refractivity contribution in [3.63, 3.8) is 0 Å². The Morgan fingerprint density at radius 3 is 2.48 bits per heavy atom. The summed E-state index contributed by atoms with van der Waals surface area (Å²) in [5, 5.41) is 11.7. The third kappa shape index (κ3) is 4.21. The average molecular weight is 324 g/mol. The van der Waals surface area contributed by atoms with Gasteiger partial charge in [-0.3, -0.25) is 0 Å². The van der Waals surface area contributed by atoms with Crippen LogP contribution in [-0.4, -0.2) is 11.1 Å². The number of nitrogens with two attached hydrogens (primary N) is 1. The maximum Gasteiger partial charge on any atom is 0.0944 e. The maximum atomic E-state index is 10.4. The van der Waals surface area contributed by atoms with Crippen molar-refractivity contribution >= 4 is 23.2 Å². The smallest absolute Gasteiger partial charge is 0.0944 e. The normalized spacial score (nSPS) is 15.5. The fourth-order valence-corrected chi connectivity index (χ4v) is 2.78. The minimum absolute atomic E-state index is 0.0823. The molecule has 4 heteroatoms. The molecule has 21 heavy (non-hydrogen) atoms. The summed E-state index contributed by atoms with van der Waals surface area (Å²) in [6.07, 6.45) is -0.0282. The van der Waals surface area contributed by atoms with Crippen LogP contribution in [0.5, 0.6) is 0 Å². The molecule has 1 unspecified atom stereocenters. The highest BCUT2D eigenvalue weighted by atomic mass is 35.5. The molecule has 0 aromatic heterocycles. The van der Waals surface area contributed by atoms with Crippen LogP contribution in [0.2, 0.25) is 10.0 Å². The summed E-state index contributed by atoms with van der Waals surface area (Å²) in [7, 11) is 0. The van der Waals surface area contributed by atoms with Gasteiger partial charge in [0.25, 0.3) is 0 Å². The molecule has 0 fully saturated rings. The van der Waals surface area contributed by atoms with Crippen LogP contribution in [0.25, 0.3) is 0 Å². The van der Waals surface area contributed by atoms with Crippen molar-refractivity contribution in [2.75, 3.05) is 0 Å². The number of rotatable bonds is 5. The maximum absolute atomic E-state index is 10.4. The van der Waals surface area contributed by atoms with E-state index in [1.807, 2.05) is 43.3 Å². The Balaban J connectivity index is 2.08. The predicted octanol–water partition coefficient (Wildman–Crippen LogP) is 4.23. The summed E-state index contributed by atoms with van der Waals surface area (Å²) in [5.74, 6) is 0.0823. The summed E-state index contributed by atoms with van der Waals surface area (Å²) in [6, 6.07) is 14.5. The van der Waals surface area contributed by atoms with Crippen molar-refractivity contribution in [1.82, 2.24) is 0 Å². The molecule has 2 aromatic carbocycles. The third-order valence-corrected chi connectivity index (χ3v) is 4.32. The highest BCUT2D eigenvalue weighted by Crippen LogP contribution is 2.26. The number of aliphatic hydroxyl groups is 1. The topological polar surface area (TPSA) is 46.2 Å². The molecule has 0 radical (unpaired) electrons. The highest BCUT2D eigenvalue weighted by molar-refractivity contribution is 6.31. The van der Waals surface area contributed by atoms with Gasteiger partial charge in [-0.05, 0) is 41.7 Å². The summed E-state index contributed by atoms with van der Waals surface area (Å²) in [5.41, 5.74) is 7.98. The van der Waals surface area contributed by atoms with E-state index in [0.29, 0.717) is 5.02 Å². The van der Waals surface area contributed by atoms with Gasteiger partial charge >= 0.3 is 0 Å². The van der Waals surface area contributed by atoms with Crippen molar-refractivity contribution < 1.29 is 5.11 Å². The van der Waals surface area contributed by atoms with Crippen LogP contribution in [0.15, 0.2) is 48.5 Å². The minimum Gasteiger partial charge on any atom is -0.387 e. The van der Waals surface area contributed by atoms with Crippen molar-refractivity contribution in [3.05, 3.63) is 69.7 Å². The van der Waals surface area contributed by atoms with Gasteiger partial charge in [0.05, 0.1) is 6.10 Å². The Bertz CT molecular complexity index is 603. The number of halogens is 2. The molecule has 0 saturated carbocycles. The molecule has 2 nitrogen and oxygen atoms in total. The molecule has 3 N–H and O–H groups in total. The lowest BCUT2D eigenvalue weighted by Crippen LogP contribution is -2.36. The van der Waals surface area contributed by atoms with Crippen LogP contribution in [0.4, 0.5) is 0 Å². The number of benzene rings is 2. The SMILES string of the molecule is CC(Cc1ccccc1Cl)[C@@H](N)[C@H](O)c1cccc(Cl)c1. The zero-order valence-electron chi connectivity index (χ0n) is 11.8. The molecule has 3 atom stereocenters. The van der Waals surface area contributed by atoms with Gasteiger partial charge in [-0.2, -0.15) is 0 Å². The van der Waals surface area contributed by atoms with E-state index in [-0.39, 0.29) is 12.0 Å². The quantitative estimate of drug-likeness (QED) is 0.864. The van der Waals surface area contributed by atoms with E-state index in [0.717, 1.165) is 22.6 Å². The van der Waals surface area contributed by atoms with Crippen LogP contribution in [-0.2, 0) is 6.42 Å². The largest absolute Gasteiger partial charge is 0.387 e. The molecule has 0 aliphatic heterocycles. The summed E-state index contributed by atoms with van der Waals surface area (Å²) in [4.78, 5) is 0. The molecule has 0 bridgehead atoms. The van der Waals surface area contributed by atoms with E-state index in [1.54, 1.807) is 12.1 Å². The van der Waals surface area contributed by atoms with Crippen LogP contribution in [0, 0.1) is 5.92 Å². The fourth-order valence-electron chi connectivity index (χ4n) is 2.37. The molecule has 0 aliphatic rings. The van der Waals surface area contributed by atoms with Crippen LogP contribution >= 0.6 is 23.2 Å². The standard InChI is InChI=1S/C17H19Cl2NO/c1-11(9-12-5-2-3-8-15(12)19)16(20)17(21)13-6-4-7-14(18)10-13/h2-8,10-11,16-17,21H,9,20H2,1H3/t11?,16-,17-/m1/s1. The van der Waals surface area contributed by atoms with E-state index < -0.39 is 6.10 Å². The summed E-state index contributed by atoms with van der Waals surface area (Å²) >= 11 is 12.1. The summed E-state index contributed by atoms with van der Waals surface area (Å²) < 4.78 is 0. The van der Waals surface area contributed by atoms with E-state index in [1.165, 1.54) is 0 Å². The molecule has 0 aliphatic carbocycles. The average Bonchev–Trinajstić information content (AvgIpc) is 2.48. The van der Waals surface area contributed by atoms with E-state index in [2.05, 4.69) is 0 Å². The Labute approximate surface area is 135 Å². The second kappa shape index (κ2) is 7.28. The lowest BCUT2D eigenvalue weighted by Gasteiger charge is -2.25. The number of hydrogen-bond donors (Lipinski definition) is 2. The zero-order valence-corrected chi connectivity index (χ0v) is 13.4. The van der Waals surface area contributed by atoms with Gasteiger partial charge in [0.2, 0.25) is 0 Å². The Morgan fingerprint density at radius 2 is 1.81 bits per heavy atom. The predicted molar refractivity (Wildman–Crippen MR) is 88.7 cm³/mol. The third-order valence-electron chi connectivity index (χ3n) is 3.71. The van der Waals surface area contributed by atoms with Crippen LogP contribution in [0.1, 0.15) is 24.2 Å². The van der Waals surface area contributed by atoms with Crippen molar-refractivity contribution in [3.8, 4) is 0 Å². The molecule has 0 heterocycles. The lowest BCUT2D eigenvalue weighted by molar-refractivity contribution is 0.121. The first-order chi connectivity index (χ1) is 9.99. The first-order valence-electron chi connectivity index (χ1n) is 6.91. The van der Waals surface area contributed by atoms with Gasteiger partial charge in [-0.25, -0.2) is 0 Å². The van der Waals surface area contributed by atoms with E-state index >= 15 is 0 Å². The van der Waals surface area contributed by atoms with Crippen LogP contribution in [0.3, 0.4) is 0 Å². The first-order valence-corrected chi connectivity index (χ1v) is 7.67. The molecular formula is C17H19Cl2NO. The Morgan fingerprint density at radius 1 is 1.10 bits per heavy atom. The van der Waals surface area contributed by atoms with Gasteiger partial charge < -0.3 is 10.8 Å². The Kier molecular flexibility index (Phi) is 5.65. The molecular weight excluding hydrogens is 305 g/mol. The van der Waals surface area contributed by atoms with Crippen LogP contribution < -0.4 is 5.73 Å². The summed E-state index contributed by atoms with van der Waals surface area (Å²) in [6.45, 7) is 2.02. The molecule has 112 valence electrons. The second-order valence-corrected chi connectivity index (χ2v) is 6.19. The van der Waals surface area contributed by atoms with E-state index in [9.17, 15) is 5.11 Å². The number of aliphatic hydroxyl groups excluding tert-OH is 1. The molecule has 0 amide bonds. The van der Waals surface area contributed by atoms with Crippen molar-refractivity contribution in [2.45, 2.75) is 25.5 Å². The molecule has 0 saturated heterocycles. The number of hydrogen-bond acceptors (Lipinski definition) is 2. The minimum atomic E-state index is -0.749. The van der Waals surface area contributed by atoms with Crippen molar-refractivity contribution in [2.24, 2.45) is 11.7 Å². The molecule has 2 aromatic rings. The Hall–Kier alpha value is -1.06. The highest BCUT2D eigenvalue weighted by Gasteiger charge is 2.23. The molecule has 0 spiro atoms. The lowest BCUT2D eigenvalue weighted by atomic mass is 9.88. The van der Waals surface area contributed by atoms with E-state index in [4.69, 9.17) is 28.9 Å². The second-order valence-electron chi connectivity index (χ2n) is 5.35. The molecule has 2 rings (SSSR count). The van der Waals surface area contributed by atoms with Gasteiger partial charge in [-0.1, -0.05) is 60.5 Å². The van der Waals surface area contributed by atoms with Gasteiger partial charge in [-0.15, -0.1) is 0 Å². The fraction of sp³-hybridized carbons (Fsp3) is 0.294. The van der Waals surface area contributed by atoms with Gasteiger partial charge in [0.15, 0.2) is 0 Å². The van der Waals surface area contributed by atoms with Gasteiger partial charge in [0.1, 0.15) is 0 Å². The first kappa shape index (κ1) is 16.3. The monoisotopic (exact) mass is 323 g/mol. The van der Waals surface area contributed by atoms with Gasteiger partial charge in [0, 0.05) is 16.1 Å².